The van der Waals surface area contributed by atoms with Crippen molar-refractivity contribution in [3.05, 3.63) is 24.4 Å². The summed E-state index contributed by atoms with van der Waals surface area (Å²) in [6.07, 6.45) is 3.50. The van der Waals surface area contributed by atoms with Crippen LogP contribution < -0.4 is 5.32 Å². The third kappa shape index (κ3) is 3.05. The Morgan fingerprint density at radius 2 is 2.24 bits per heavy atom. The summed E-state index contributed by atoms with van der Waals surface area (Å²) in [7, 11) is 1.90. The van der Waals surface area contributed by atoms with Gasteiger partial charge in [0, 0.05) is 25.9 Å². The lowest BCUT2D eigenvalue weighted by molar-refractivity contribution is 0.468. The molecule has 0 saturated carbocycles. The summed E-state index contributed by atoms with van der Waals surface area (Å²) in [6, 6.07) is 1.93. The Kier molecular flexibility index (Phi) is 3.41. The highest BCUT2D eigenvalue weighted by atomic mass is 15.3. The molecule has 0 saturated heterocycles. The zero-order valence-corrected chi connectivity index (χ0v) is 10.5. The van der Waals surface area contributed by atoms with Crippen molar-refractivity contribution < 1.29 is 0 Å². The van der Waals surface area contributed by atoms with Crippen LogP contribution in [0, 0.1) is 5.92 Å². The first kappa shape index (κ1) is 11.6. The van der Waals surface area contributed by atoms with Gasteiger partial charge in [0.15, 0.2) is 0 Å². The van der Waals surface area contributed by atoms with Crippen LogP contribution in [-0.2, 0) is 20.1 Å². The average molecular weight is 234 g/mol. The van der Waals surface area contributed by atoms with Crippen molar-refractivity contribution in [2.75, 3.05) is 5.32 Å². The van der Waals surface area contributed by atoms with Crippen LogP contribution in [0.1, 0.15) is 19.7 Å². The molecule has 0 aromatic carbocycles. The van der Waals surface area contributed by atoms with Crippen molar-refractivity contribution in [2.45, 2.75) is 26.9 Å². The summed E-state index contributed by atoms with van der Waals surface area (Å²) in [5, 5.41) is 11.7. The van der Waals surface area contributed by atoms with E-state index in [1.165, 1.54) is 0 Å². The van der Waals surface area contributed by atoms with Crippen molar-refractivity contribution in [2.24, 2.45) is 13.0 Å². The van der Waals surface area contributed by atoms with E-state index in [9.17, 15) is 0 Å². The van der Waals surface area contributed by atoms with E-state index in [1.54, 1.807) is 11.0 Å². The van der Waals surface area contributed by atoms with Crippen LogP contribution in [0.4, 0.5) is 5.82 Å². The Morgan fingerprint density at radius 1 is 1.41 bits per heavy atom. The molecule has 0 aliphatic rings. The summed E-state index contributed by atoms with van der Waals surface area (Å²) in [6.45, 7) is 5.86. The lowest BCUT2D eigenvalue weighted by atomic mass is 10.2. The number of hydrogen-bond donors (Lipinski definition) is 1. The molecule has 6 heteroatoms. The monoisotopic (exact) mass is 234 g/mol. The van der Waals surface area contributed by atoms with E-state index < -0.39 is 0 Å². The molecule has 0 aliphatic heterocycles. The van der Waals surface area contributed by atoms with Crippen molar-refractivity contribution >= 4 is 5.82 Å². The van der Waals surface area contributed by atoms with Gasteiger partial charge in [-0.25, -0.2) is 9.67 Å². The minimum absolute atomic E-state index is 0.560. The molecule has 0 radical (unpaired) electrons. The second-order valence-electron chi connectivity index (χ2n) is 4.48. The molecule has 2 heterocycles. The van der Waals surface area contributed by atoms with Gasteiger partial charge in [0.2, 0.25) is 0 Å². The maximum absolute atomic E-state index is 4.25. The SMILES string of the molecule is CC(C)Cn1ncnc1CNc1ccn(C)n1. The third-order valence-corrected chi connectivity index (χ3v) is 2.38. The number of nitrogens with one attached hydrogen (secondary N) is 1. The van der Waals surface area contributed by atoms with Crippen molar-refractivity contribution in [1.82, 2.24) is 24.5 Å². The molecule has 2 rings (SSSR count). The van der Waals surface area contributed by atoms with Gasteiger partial charge in [-0.05, 0) is 5.92 Å². The summed E-state index contributed by atoms with van der Waals surface area (Å²) in [5.41, 5.74) is 0. The van der Waals surface area contributed by atoms with Crippen LogP contribution in [0.3, 0.4) is 0 Å². The maximum atomic E-state index is 4.25. The van der Waals surface area contributed by atoms with Gasteiger partial charge < -0.3 is 5.32 Å². The largest absolute Gasteiger partial charge is 0.361 e. The molecule has 0 fully saturated rings. The topological polar surface area (TPSA) is 60.6 Å². The van der Waals surface area contributed by atoms with Crippen molar-refractivity contribution in [3.63, 3.8) is 0 Å². The Morgan fingerprint density at radius 3 is 2.88 bits per heavy atom. The first-order chi connectivity index (χ1) is 8.15. The number of aryl methyl sites for hydroxylation is 1. The van der Waals surface area contributed by atoms with Crippen LogP contribution in [0.2, 0.25) is 0 Å². The summed E-state index contributed by atoms with van der Waals surface area (Å²) in [4.78, 5) is 4.25. The minimum atomic E-state index is 0.560. The summed E-state index contributed by atoms with van der Waals surface area (Å²) in [5.74, 6) is 2.35. The van der Waals surface area contributed by atoms with E-state index in [0.29, 0.717) is 12.5 Å². The standard InChI is InChI=1S/C11H18N6/c1-9(2)7-17-11(13-8-14-17)6-12-10-4-5-16(3)15-10/h4-5,8-9H,6-7H2,1-3H3,(H,12,15). The number of anilines is 1. The van der Waals surface area contributed by atoms with Crippen LogP contribution in [0.5, 0.6) is 0 Å². The first-order valence-corrected chi connectivity index (χ1v) is 5.75. The van der Waals surface area contributed by atoms with E-state index in [0.717, 1.165) is 18.2 Å². The molecular weight excluding hydrogens is 216 g/mol. The quantitative estimate of drug-likeness (QED) is 0.846. The van der Waals surface area contributed by atoms with Gasteiger partial charge in [-0.3, -0.25) is 4.68 Å². The number of hydrogen-bond acceptors (Lipinski definition) is 4. The fourth-order valence-electron chi connectivity index (χ4n) is 1.60. The number of aromatic nitrogens is 5. The Bertz CT molecular complexity index is 470. The zero-order valence-electron chi connectivity index (χ0n) is 10.5. The highest BCUT2D eigenvalue weighted by molar-refractivity contribution is 5.32. The van der Waals surface area contributed by atoms with E-state index in [1.807, 2.05) is 24.0 Å². The lowest BCUT2D eigenvalue weighted by Gasteiger charge is -2.08. The fourth-order valence-corrected chi connectivity index (χ4v) is 1.60. The predicted molar refractivity (Wildman–Crippen MR) is 65.4 cm³/mol. The van der Waals surface area contributed by atoms with Crippen LogP contribution in [-0.4, -0.2) is 24.5 Å². The fraction of sp³-hybridized carbons (Fsp3) is 0.545. The number of nitrogens with zero attached hydrogens (tertiary/aromatic N) is 5. The average Bonchev–Trinajstić information content (AvgIpc) is 2.84. The van der Waals surface area contributed by atoms with Crippen molar-refractivity contribution in [1.29, 1.82) is 0 Å². The molecule has 0 aliphatic carbocycles. The van der Waals surface area contributed by atoms with Gasteiger partial charge in [-0.1, -0.05) is 13.8 Å². The molecule has 0 atom stereocenters. The molecule has 6 nitrogen and oxygen atoms in total. The molecule has 1 N–H and O–H groups in total. The van der Waals surface area contributed by atoms with Crippen molar-refractivity contribution in [3.8, 4) is 0 Å². The Labute approximate surface area is 101 Å². The van der Waals surface area contributed by atoms with Crippen LogP contribution in [0.15, 0.2) is 18.6 Å². The zero-order chi connectivity index (χ0) is 12.3. The molecule has 0 unspecified atom stereocenters. The maximum Gasteiger partial charge on any atom is 0.148 e. The second-order valence-corrected chi connectivity index (χ2v) is 4.48. The summed E-state index contributed by atoms with van der Waals surface area (Å²) >= 11 is 0. The molecule has 92 valence electrons. The molecule has 0 amide bonds. The van der Waals surface area contributed by atoms with Gasteiger partial charge in [0.1, 0.15) is 18.0 Å². The van der Waals surface area contributed by atoms with Gasteiger partial charge in [0.25, 0.3) is 0 Å². The first-order valence-electron chi connectivity index (χ1n) is 5.75. The highest BCUT2D eigenvalue weighted by Gasteiger charge is 2.06. The Balaban J connectivity index is 1.97. The normalized spacial score (nSPS) is 11.1. The van der Waals surface area contributed by atoms with Gasteiger partial charge in [0.05, 0.1) is 6.54 Å². The predicted octanol–water partition coefficient (Wildman–Crippen LogP) is 1.28. The molecule has 17 heavy (non-hydrogen) atoms. The van der Waals surface area contributed by atoms with E-state index in [2.05, 4.69) is 34.3 Å². The van der Waals surface area contributed by atoms with E-state index in [-0.39, 0.29) is 0 Å². The van der Waals surface area contributed by atoms with Gasteiger partial charge >= 0.3 is 0 Å². The number of rotatable bonds is 5. The Hall–Kier alpha value is -1.85. The van der Waals surface area contributed by atoms with E-state index in [4.69, 9.17) is 0 Å². The van der Waals surface area contributed by atoms with Gasteiger partial charge in [-0.15, -0.1) is 0 Å². The summed E-state index contributed by atoms with van der Waals surface area (Å²) < 4.78 is 3.70. The molecule has 2 aromatic heterocycles. The third-order valence-electron chi connectivity index (χ3n) is 2.38. The smallest absolute Gasteiger partial charge is 0.148 e. The lowest BCUT2D eigenvalue weighted by Crippen LogP contribution is -2.13. The van der Waals surface area contributed by atoms with E-state index >= 15 is 0 Å². The van der Waals surface area contributed by atoms with Crippen LogP contribution >= 0.6 is 0 Å². The molecular formula is C11H18N6. The van der Waals surface area contributed by atoms with Crippen LogP contribution in [0.25, 0.3) is 0 Å². The molecule has 0 spiro atoms. The minimum Gasteiger partial charge on any atom is -0.361 e. The van der Waals surface area contributed by atoms with Gasteiger partial charge in [-0.2, -0.15) is 10.2 Å². The highest BCUT2D eigenvalue weighted by Crippen LogP contribution is 2.05. The molecule has 0 bridgehead atoms. The second kappa shape index (κ2) is 4.99. The molecule has 2 aromatic rings.